The number of benzene rings is 2. The van der Waals surface area contributed by atoms with Gasteiger partial charge in [0.05, 0.1) is 10.6 Å². The SMILES string of the molecule is CC(=O)c1ccc(S(=O)(=O)Nc2ccc(Nc3ccc(-n4nc(C)c(C)c4C)nn3)cc2)cc1. The van der Waals surface area contributed by atoms with Gasteiger partial charge < -0.3 is 5.32 Å². The lowest BCUT2D eigenvalue weighted by atomic mass is 10.2. The number of rotatable bonds is 7. The summed E-state index contributed by atoms with van der Waals surface area (Å²) in [5.74, 6) is 1.04. The predicted molar refractivity (Wildman–Crippen MR) is 130 cm³/mol. The summed E-state index contributed by atoms with van der Waals surface area (Å²) < 4.78 is 29.5. The van der Waals surface area contributed by atoms with Gasteiger partial charge in [0, 0.05) is 22.6 Å². The molecular weight excluding hydrogens is 452 g/mol. The number of aromatic nitrogens is 4. The van der Waals surface area contributed by atoms with Crippen LogP contribution in [0.25, 0.3) is 5.82 Å². The molecule has 34 heavy (non-hydrogen) atoms. The Morgan fingerprint density at radius 3 is 2.03 bits per heavy atom. The molecule has 0 saturated heterocycles. The van der Waals surface area contributed by atoms with E-state index in [1.807, 2.05) is 26.8 Å². The van der Waals surface area contributed by atoms with Gasteiger partial charge >= 0.3 is 0 Å². The molecule has 0 spiro atoms. The molecule has 2 heterocycles. The Morgan fingerprint density at radius 1 is 0.853 bits per heavy atom. The molecule has 4 aromatic rings. The smallest absolute Gasteiger partial charge is 0.261 e. The molecular formula is C24H24N6O3S. The predicted octanol–water partition coefficient (Wildman–Crippen LogP) is 4.33. The lowest BCUT2D eigenvalue weighted by Crippen LogP contribution is -2.13. The largest absolute Gasteiger partial charge is 0.339 e. The van der Waals surface area contributed by atoms with Gasteiger partial charge in [-0.25, -0.2) is 13.1 Å². The lowest BCUT2D eigenvalue weighted by molar-refractivity contribution is 0.101. The molecule has 0 radical (unpaired) electrons. The van der Waals surface area contributed by atoms with Gasteiger partial charge in [-0.15, -0.1) is 10.2 Å². The zero-order valence-corrected chi connectivity index (χ0v) is 20.0. The summed E-state index contributed by atoms with van der Waals surface area (Å²) in [6, 6.07) is 16.2. The van der Waals surface area contributed by atoms with E-state index >= 15 is 0 Å². The van der Waals surface area contributed by atoms with Crippen LogP contribution in [-0.2, 0) is 10.0 Å². The Balaban J connectivity index is 1.43. The van der Waals surface area contributed by atoms with Crippen LogP contribution in [0.3, 0.4) is 0 Å². The summed E-state index contributed by atoms with van der Waals surface area (Å²) in [6.07, 6.45) is 0. The number of hydrogen-bond donors (Lipinski definition) is 2. The second-order valence-corrected chi connectivity index (χ2v) is 9.56. The third-order valence-corrected chi connectivity index (χ3v) is 6.90. The van der Waals surface area contributed by atoms with Gasteiger partial charge in [0.15, 0.2) is 17.4 Å². The Morgan fingerprint density at radius 2 is 1.50 bits per heavy atom. The van der Waals surface area contributed by atoms with Crippen molar-refractivity contribution in [2.75, 3.05) is 10.0 Å². The van der Waals surface area contributed by atoms with Gasteiger partial charge in [-0.3, -0.25) is 9.52 Å². The van der Waals surface area contributed by atoms with E-state index in [0.29, 0.717) is 22.9 Å². The Bertz CT molecular complexity index is 1440. The number of carbonyl (C=O) groups is 1. The van der Waals surface area contributed by atoms with E-state index in [0.717, 1.165) is 22.6 Å². The molecule has 0 unspecified atom stereocenters. The molecule has 0 bridgehead atoms. The third-order valence-electron chi connectivity index (χ3n) is 5.50. The minimum Gasteiger partial charge on any atom is -0.339 e. The topological polar surface area (TPSA) is 119 Å². The molecule has 0 fully saturated rings. The highest BCUT2D eigenvalue weighted by Crippen LogP contribution is 2.21. The summed E-state index contributed by atoms with van der Waals surface area (Å²) in [7, 11) is -3.78. The number of carbonyl (C=O) groups excluding carboxylic acids is 1. The number of sulfonamides is 1. The van der Waals surface area contributed by atoms with Crippen molar-refractivity contribution in [3.63, 3.8) is 0 Å². The van der Waals surface area contributed by atoms with Crippen molar-refractivity contribution in [1.29, 1.82) is 0 Å². The Labute approximate surface area is 197 Å². The number of hydrogen-bond acceptors (Lipinski definition) is 7. The zero-order valence-electron chi connectivity index (χ0n) is 19.2. The van der Waals surface area contributed by atoms with Crippen LogP contribution >= 0.6 is 0 Å². The molecule has 4 rings (SSSR count). The van der Waals surface area contributed by atoms with Gasteiger partial charge in [0.1, 0.15) is 0 Å². The van der Waals surface area contributed by atoms with E-state index < -0.39 is 10.0 Å². The van der Waals surface area contributed by atoms with E-state index in [1.54, 1.807) is 35.0 Å². The van der Waals surface area contributed by atoms with Crippen LogP contribution in [0.4, 0.5) is 17.2 Å². The first kappa shape index (κ1) is 23.1. The molecule has 2 N–H and O–H groups in total. The monoisotopic (exact) mass is 476 g/mol. The summed E-state index contributed by atoms with van der Waals surface area (Å²) in [4.78, 5) is 11.5. The first-order valence-corrected chi connectivity index (χ1v) is 12.0. The maximum absolute atomic E-state index is 12.6. The minimum atomic E-state index is -3.78. The van der Waals surface area contributed by atoms with Crippen LogP contribution < -0.4 is 10.0 Å². The molecule has 10 heteroatoms. The van der Waals surface area contributed by atoms with E-state index in [9.17, 15) is 13.2 Å². The van der Waals surface area contributed by atoms with E-state index in [2.05, 4.69) is 25.3 Å². The van der Waals surface area contributed by atoms with Crippen LogP contribution in [0.15, 0.2) is 65.6 Å². The van der Waals surface area contributed by atoms with E-state index in [-0.39, 0.29) is 10.7 Å². The molecule has 9 nitrogen and oxygen atoms in total. The van der Waals surface area contributed by atoms with E-state index in [4.69, 9.17) is 0 Å². The molecule has 0 aliphatic carbocycles. The van der Waals surface area contributed by atoms with Gasteiger partial charge in [0.2, 0.25) is 0 Å². The van der Waals surface area contributed by atoms with Gasteiger partial charge in [-0.05, 0) is 81.8 Å². The summed E-state index contributed by atoms with van der Waals surface area (Å²) in [5, 5.41) is 16.1. The normalized spacial score (nSPS) is 11.3. The highest BCUT2D eigenvalue weighted by Gasteiger charge is 2.15. The van der Waals surface area contributed by atoms with Gasteiger partial charge in [0.25, 0.3) is 10.0 Å². The molecule has 0 amide bonds. The molecule has 0 aliphatic rings. The average Bonchev–Trinajstić information content (AvgIpc) is 3.08. The van der Waals surface area contributed by atoms with Crippen molar-refractivity contribution in [1.82, 2.24) is 20.0 Å². The second kappa shape index (κ2) is 9.06. The van der Waals surface area contributed by atoms with Crippen molar-refractivity contribution in [3.05, 3.63) is 83.2 Å². The first-order valence-electron chi connectivity index (χ1n) is 10.5. The summed E-state index contributed by atoms with van der Waals surface area (Å²) >= 11 is 0. The zero-order chi connectivity index (χ0) is 24.5. The minimum absolute atomic E-state index is 0.0767. The fourth-order valence-corrected chi connectivity index (χ4v) is 4.36. The highest BCUT2D eigenvalue weighted by atomic mass is 32.2. The van der Waals surface area contributed by atoms with Crippen molar-refractivity contribution < 1.29 is 13.2 Å². The fourth-order valence-electron chi connectivity index (χ4n) is 3.30. The van der Waals surface area contributed by atoms with Crippen LogP contribution in [0.2, 0.25) is 0 Å². The number of Topliss-reactive ketones (excluding diaryl/α,β-unsaturated/α-hetero) is 1. The summed E-state index contributed by atoms with van der Waals surface area (Å²) in [6.45, 7) is 7.39. The maximum Gasteiger partial charge on any atom is 0.261 e. The third kappa shape index (κ3) is 4.81. The number of anilines is 3. The molecule has 0 aliphatic heterocycles. The Hall–Kier alpha value is -4.05. The van der Waals surface area contributed by atoms with Crippen LogP contribution in [0.5, 0.6) is 0 Å². The second-order valence-electron chi connectivity index (χ2n) is 7.87. The molecule has 2 aromatic carbocycles. The number of ketones is 1. The quantitative estimate of drug-likeness (QED) is 0.381. The average molecular weight is 477 g/mol. The highest BCUT2D eigenvalue weighted by molar-refractivity contribution is 7.92. The van der Waals surface area contributed by atoms with Gasteiger partial charge in [-0.1, -0.05) is 12.1 Å². The van der Waals surface area contributed by atoms with Crippen molar-refractivity contribution in [2.24, 2.45) is 0 Å². The number of nitrogens with zero attached hydrogens (tertiary/aromatic N) is 4. The maximum atomic E-state index is 12.6. The van der Waals surface area contributed by atoms with Crippen LogP contribution in [-0.4, -0.2) is 34.2 Å². The first-order chi connectivity index (χ1) is 16.1. The summed E-state index contributed by atoms with van der Waals surface area (Å²) in [5.41, 5.74) is 4.66. The van der Waals surface area contributed by atoms with Crippen LogP contribution in [0, 0.1) is 20.8 Å². The fraction of sp³-hybridized carbons (Fsp3) is 0.167. The molecule has 174 valence electrons. The van der Waals surface area contributed by atoms with Crippen molar-refractivity contribution >= 4 is 33.0 Å². The van der Waals surface area contributed by atoms with Crippen LogP contribution in [0.1, 0.15) is 34.2 Å². The number of aryl methyl sites for hydroxylation is 1. The Kier molecular flexibility index (Phi) is 6.16. The van der Waals surface area contributed by atoms with Gasteiger partial charge in [-0.2, -0.15) is 5.10 Å². The lowest BCUT2D eigenvalue weighted by Gasteiger charge is -2.10. The van der Waals surface area contributed by atoms with Crippen molar-refractivity contribution in [2.45, 2.75) is 32.6 Å². The number of nitrogens with one attached hydrogen (secondary N) is 2. The molecule has 0 saturated carbocycles. The van der Waals surface area contributed by atoms with Crippen molar-refractivity contribution in [3.8, 4) is 5.82 Å². The molecule has 2 aromatic heterocycles. The standard InChI is InChI=1S/C24H24N6O3S/c1-15-16(2)28-30(17(15)3)24-14-13-23(26-27-24)25-20-7-9-21(10-8-20)29-34(32,33)22-11-5-19(6-12-22)18(4)31/h5-14,29H,1-4H3,(H,25,26). The van der Waals surface area contributed by atoms with E-state index in [1.165, 1.54) is 31.2 Å². The molecule has 0 atom stereocenters.